The first-order chi connectivity index (χ1) is 9.63. The Labute approximate surface area is 128 Å². The molecule has 0 aromatic heterocycles. The largest absolute Gasteiger partial charge is 0.382 e. The lowest BCUT2D eigenvalue weighted by molar-refractivity contribution is 0.243. The lowest BCUT2D eigenvalue weighted by atomic mass is 9.79. The van der Waals surface area contributed by atoms with Crippen molar-refractivity contribution in [1.82, 2.24) is 0 Å². The molecule has 5 atom stereocenters. The van der Waals surface area contributed by atoms with E-state index in [2.05, 4.69) is 28.2 Å². The van der Waals surface area contributed by atoms with E-state index in [4.69, 9.17) is 0 Å². The van der Waals surface area contributed by atoms with Gasteiger partial charge >= 0.3 is 0 Å². The van der Waals surface area contributed by atoms with Crippen LogP contribution in [0.1, 0.15) is 37.7 Å². The Kier molecular flexibility index (Phi) is 3.10. The third kappa shape index (κ3) is 1.93. The van der Waals surface area contributed by atoms with Crippen molar-refractivity contribution in [2.24, 2.45) is 23.7 Å². The van der Waals surface area contributed by atoms with E-state index in [1.165, 1.54) is 32.1 Å². The normalized spacial score (nSPS) is 38.2. The summed E-state index contributed by atoms with van der Waals surface area (Å²) in [5.41, 5.74) is 2.11. The van der Waals surface area contributed by atoms with E-state index in [1.54, 1.807) is 6.07 Å². The summed E-state index contributed by atoms with van der Waals surface area (Å²) in [6.07, 6.45) is 7.02. The molecule has 3 aliphatic rings. The van der Waals surface area contributed by atoms with Crippen LogP contribution >= 0.6 is 15.9 Å². The Hall–Kier alpha value is -0.570. The van der Waals surface area contributed by atoms with Crippen molar-refractivity contribution in [3.8, 4) is 0 Å². The monoisotopic (exact) mass is 337 g/mol. The highest BCUT2D eigenvalue weighted by Gasteiger charge is 2.53. The summed E-state index contributed by atoms with van der Waals surface area (Å²) >= 11 is 3.26. The van der Waals surface area contributed by atoms with Crippen molar-refractivity contribution in [2.75, 3.05) is 5.32 Å². The van der Waals surface area contributed by atoms with Crippen LogP contribution in [0.2, 0.25) is 0 Å². The second-order valence-corrected chi connectivity index (χ2v) is 7.84. The molecule has 0 spiro atoms. The smallest absolute Gasteiger partial charge is 0.139 e. The number of benzene rings is 1. The molecule has 0 saturated heterocycles. The van der Waals surface area contributed by atoms with Gasteiger partial charge in [-0.25, -0.2) is 4.39 Å². The summed E-state index contributed by atoms with van der Waals surface area (Å²) in [7, 11) is 0. The predicted octanol–water partition coefficient (Wildman–Crippen LogP) is 5.13. The number of hydrogen-bond acceptors (Lipinski definition) is 1. The van der Waals surface area contributed by atoms with Gasteiger partial charge in [0, 0.05) is 11.7 Å². The van der Waals surface area contributed by atoms with Gasteiger partial charge in [-0.05, 0) is 89.9 Å². The van der Waals surface area contributed by atoms with Crippen molar-refractivity contribution in [2.45, 2.75) is 45.1 Å². The summed E-state index contributed by atoms with van der Waals surface area (Å²) in [5.74, 6) is 3.57. The van der Waals surface area contributed by atoms with Crippen LogP contribution in [0.3, 0.4) is 0 Å². The van der Waals surface area contributed by atoms with E-state index in [1.807, 2.05) is 6.07 Å². The molecule has 3 heteroatoms. The average Bonchev–Trinajstić information content (AvgIpc) is 3.07. The van der Waals surface area contributed by atoms with Gasteiger partial charge in [0.25, 0.3) is 0 Å². The Morgan fingerprint density at radius 2 is 1.95 bits per heavy atom. The number of hydrogen-bond donors (Lipinski definition) is 1. The minimum absolute atomic E-state index is 0.167. The Morgan fingerprint density at radius 3 is 2.80 bits per heavy atom. The predicted molar refractivity (Wildman–Crippen MR) is 83.3 cm³/mol. The van der Waals surface area contributed by atoms with Crippen LogP contribution in [0.15, 0.2) is 16.6 Å². The molecule has 1 nitrogen and oxygen atoms in total. The van der Waals surface area contributed by atoms with Crippen molar-refractivity contribution in [3.63, 3.8) is 0 Å². The molecule has 20 heavy (non-hydrogen) atoms. The van der Waals surface area contributed by atoms with Gasteiger partial charge in [-0.3, -0.25) is 0 Å². The number of halogens is 2. The van der Waals surface area contributed by atoms with Crippen molar-refractivity contribution >= 4 is 21.6 Å². The van der Waals surface area contributed by atoms with Crippen LogP contribution < -0.4 is 5.32 Å². The van der Waals surface area contributed by atoms with Crippen LogP contribution in [0.4, 0.5) is 10.1 Å². The average molecular weight is 338 g/mol. The molecule has 0 radical (unpaired) electrons. The van der Waals surface area contributed by atoms with Crippen molar-refractivity contribution in [3.05, 3.63) is 28.0 Å². The molecular formula is C17H21BrFN. The zero-order chi connectivity index (χ0) is 13.9. The van der Waals surface area contributed by atoms with Crippen LogP contribution in [0, 0.1) is 36.4 Å². The zero-order valence-corrected chi connectivity index (χ0v) is 13.4. The lowest BCUT2D eigenvalue weighted by Crippen LogP contribution is -2.34. The summed E-state index contributed by atoms with van der Waals surface area (Å²) in [6, 6.07) is 4.10. The van der Waals surface area contributed by atoms with E-state index >= 15 is 0 Å². The number of anilines is 1. The minimum Gasteiger partial charge on any atom is -0.382 e. The van der Waals surface area contributed by atoms with Gasteiger partial charge in [-0.2, -0.15) is 0 Å². The van der Waals surface area contributed by atoms with Crippen LogP contribution in [0.25, 0.3) is 0 Å². The Balaban J connectivity index is 1.55. The summed E-state index contributed by atoms with van der Waals surface area (Å²) in [4.78, 5) is 0. The molecule has 4 rings (SSSR count). The number of fused-ring (bicyclic) bond motifs is 5. The molecule has 3 fully saturated rings. The maximum absolute atomic E-state index is 13.7. The molecular weight excluding hydrogens is 317 g/mol. The van der Waals surface area contributed by atoms with Crippen LogP contribution in [-0.2, 0) is 0 Å². The summed E-state index contributed by atoms with van der Waals surface area (Å²) in [6.45, 7) is 2.05. The highest BCUT2D eigenvalue weighted by atomic mass is 79.9. The second kappa shape index (κ2) is 4.72. The molecule has 1 N–H and O–H groups in total. The van der Waals surface area contributed by atoms with E-state index in [0.29, 0.717) is 10.5 Å². The molecule has 0 aliphatic heterocycles. The standard InChI is InChI=1S/C17H21BrFN/c1-9-5-14(18)15(19)8-16(9)20-17-7-10-6-13(17)12-4-2-3-11(10)12/h5,8,10-13,17,20H,2-4,6-7H2,1H3. The fourth-order valence-corrected chi connectivity index (χ4v) is 5.69. The van der Waals surface area contributed by atoms with Gasteiger partial charge in [-0.1, -0.05) is 6.42 Å². The summed E-state index contributed by atoms with van der Waals surface area (Å²) in [5, 5.41) is 3.66. The van der Waals surface area contributed by atoms with Crippen LogP contribution in [-0.4, -0.2) is 6.04 Å². The highest BCUT2D eigenvalue weighted by Crippen LogP contribution is 2.59. The molecule has 1 aromatic carbocycles. The van der Waals surface area contributed by atoms with Gasteiger partial charge in [0.1, 0.15) is 5.82 Å². The second-order valence-electron chi connectivity index (χ2n) is 6.99. The molecule has 1 aromatic rings. The van der Waals surface area contributed by atoms with E-state index in [9.17, 15) is 4.39 Å². The first-order valence-corrected chi connectivity index (χ1v) is 8.65. The summed E-state index contributed by atoms with van der Waals surface area (Å²) < 4.78 is 14.3. The molecule has 3 saturated carbocycles. The lowest BCUT2D eigenvalue weighted by Gasteiger charge is -2.33. The van der Waals surface area contributed by atoms with Gasteiger partial charge < -0.3 is 5.32 Å². The van der Waals surface area contributed by atoms with Crippen LogP contribution in [0.5, 0.6) is 0 Å². The number of nitrogens with one attached hydrogen (secondary N) is 1. The Morgan fingerprint density at radius 1 is 1.15 bits per heavy atom. The van der Waals surface area contributed by atoms with Gasteiger partial charge in [0.05, 0.1) is 4.47 Å². The van der Waals surface area contributed by atoms with Crippen molar-refractivity contribution < 1.29 is 4.39 Å². The van der Waals surface area contributed by atoms with Gasteiger partial charge in [-0.15, -0.1) is 0 Å². The molecule has 2 bridgehead atoms. The molecule has 0 amide bonds. The van der Waals surface area contributed by atoms with Gasteiger partial charge in [0.15, 0.2) is 0 Å². The quantitative estimate of drug-likeness (QED) is 0.788. The molecule has 0 heterocycles. The van der Waals surface area contributed by atoms with Crippen molar-refractivity contribution in [1.29, 1.82) is 0 Å². The maximum Gasteiger partial charge on any atom is 0.139 e. The third-order valence-electron chi connectivity index (χ3n) is 6.04. The first-order valence-electron chi connectivity index (χ1n) is 7.85. The number of aryl methyl sites for hydroxylation is 1. The maximum atomic E-state index is 13.7. The Bertz CT molecular complexity index is 544. The minimum atomic E-state index is -0.167. The van der Waals surface area contributed by atoms with Gasteiger partial charge in [0.2, 0.25) is 0 Å². The van der Waals surface area contributed by atoms with E-state index in [-0.39, 0.29) is 5.82 Å². The fourth-order valence-electron chi connectivity index (χ4n) is 5.24. The zero-order valence-electron chi connectivity index (χ0n) is 11.8. The topological polar surface area (TPSA) is 12.0 Å². The molecule has 108 valence electrons. The third-order valence-corrected chi connectivity index (χ3v) is 6.64. The highest BCUT2D eigenvalue weighted by molar-refractivity contribution is 9.10. The first kappa shape index (κ1) is 13.1. The van der Waals surface area contributed by atoms with E-state index in [0.717, 1.165) is 34.9 Å². The SMILES string of the molecule is Cc1cc(Br)c(F)cc1NC1CC2CC1C1CCCC21. The molecule has 3 aliphatic carbocycles. The number of rotatable bonds is 2. The van der Waals surface area contributed by atoms with E-state index < -0.39 is 0 Å². The molecule has 5 unspecified atom stereocenters. The fraction of sp³-hybridized carbons (Fsp3) is 0.647.